The lowest BCUT2D eigenvalue weighted by Gasteiger charge is -2.15. The molecule has 5 rings (SSSR count). The number of methoxy groups -OCH3 is 1. The topological polar surface area (TPSA) is 82.4 Å². The van der Waals surface area contributed by atoms with E-state index in [0.717, 1.165) is 5.56 Å². The number of nitrogens with one attached hydrogen (secondary N) is 1. The van der Waals surface area contributed by atoms with Crippen LogP contribution in [0.5, 0.6) is 11.5 Å². The van der Waals surface area contributed by atoms with E-state index in [9.17, 15) is 9.59 Å². The highest BCUT2D eigenvalue weighted by molar-refractivity contribution is 8.26. The predicted molar refractivity (Wildman–Crippen MR) is 141 cm³/mol. The van der Waals surface area contributed by atoms with Crippen LogP contribution in [0.15, 0.2) is 82.5 Å². The Morgan fingerprint density at radius 3 is 2.40 bits per heavy atom. The molecule has 1 aromatic heterocycles. The van der Waals surface area contributed by atoms with Crippen molar-refractivity contribution in [1.82, 2.24) is 14.9 Å². The van der Waals surface area contributed by atoms with Gasteiger partial charge in [-0.05, 0) is 60.2 Å². The van der Waals surface area contributed by atoms with Crippen molar-refractivity contribution in [2.45, 2.75) is 6.61 Å². The van der Waals surface area contributed by atoms with E-state index < -0.39 is 0 Å². The van der Waals surface area contributed by atoms with E-state index in [2.05, 4.69) is 5.32 Å². The molecule has 7 nitrogen and oxygen atoms in total. The van der Waals surface area contributed by atoms with Gasteiger partial charge in [-0.25, -0.2) is 4.98 Å². The van der Waals surface area contributed by atoms with Crippen molar-refractivity contribution >= 4 is 51.2 Å². The fourth-order valence-corrected chi connectivity index (χ4v) is 4.70. The lowest BCUT2D eigenvalue weighted by Crippen LogP contribution is -2.25. The first kappa shape index (κ1) is 22.8. The molecular formula is C26H19N3O4S2. The third-order valence-electron chi connectivity index (χ3n) is 5.36. The summed E-state index contributed by atoms with van der Waals surface area (Å²) in [6, 6.07) is 21.8. The van der Waals surface area contributed by atoms with Gasteiger partial charge in [0.25, 0.3) is 11.5 Å². The minimum atomic E-state index is -0.195. The number of benzene rings is 3. The van der Waals surface area contributed by atoms with E-state index in [1.54, 1.807) is 48.1 Å². The number of aromatic nitrogens is 2. The zero-order valence-corrected chi connectivity index (χ0v) is 20.2. The third kappa shape index (κ3) is 4.82. The molecule has 4 aromatic rings. The highest BCUT2D eigenvalue weighted by Crippen LogP contribution is 2.26. The van der Waals surface area contributed by atoms with Crippen LogP contribution >= 0.6 is 24.0 Å². The molecule has 2 heterocycles. The van der Waals surface area contributed by atoms with E-state index in [0.29, 0.717) is 43.1 Å². The van der Waals surface area contributed by atoms with Gasteiger partial charge in [0.05, 0.1) is 28.6 Å². The molecular weight excluding hydrogens is 482 g/mol. The van der Waals surface area contributed by atoms with Crippen LogP contribution in [0.2, 0.25) is 0 Å². The van der Waals surface area contributed by atoms with E-state index >= 15 is 0 Å². The number of carbonyl (C=O) groups is 1. The van der Waals surface area contributed by atoms with Gasteiger partial charge < -0.3 is 14.8 Å². The summed E-state index contributed by atoms with van der Waals surface area (Å²) in [7, 11) is 1.59. The van der Waals surface area contributed by atoms with Crippen molar-refractivity contribution < 1.29 is 14.3 Å². The van der Waals surface area contributed by atoms with Gasteiger partial charge in [0.2, 0.25) is 0 Å². The zero-order chi connectivity index (χ0) is 24.4. The summed E-state index contributed by atoms with van der Waals surface area (Å²) < 4.78 is 13.2. The number of hydrogen-bond donors (Lipinski definition) is 1. The molecule has 0 bridgehead atoms. The Morgan fingerprint density at radius 2 is 1.71 bits per heavy atom. The molecule has 0 unspecified atom stereocenters. The molecule has 0 spiro atoms. The fraction of sp³-hybridized carbons (Fsp3) is 0.0769. The molecule has 35 heavy (non-hydrogen) atoms. The first-order valence-electron chi connectivity index (χ1n) is 10.6. The number of rotatable bonds is 6. The van der Waals surface area contributed by atoms with E-state index in [1.807, 2.05) is 42.5 Å². The average molecular weight is 502 g/mol. The van der Waals surface area contributed by atoms with Gasteiger partial charge in [0.1, 0.15) is 22.4 Å². The number of nitrogens with zero attached hydrogens (tertiary/aromatic N) is 2. The molecule has 1 aliphatic rings. The number of hydrogen-bond acceptors (Lipinski definition) is 7. The van der Waals surface area contributed by atoms with Crippen LogP contribution in [0.1, 0.15) is 11.4 Å². The molecule has 1 N–H and O–H groups in total. The van der Waals surface area contributed by atoms with E-state index in [1.165, 1.54) is 11.8 Å². The van der Waals surface area contributed by atoms with Crippen LogP contribution in [-0.2, 0) is 11.4 Å². The highest BCUT2D eigenvalue weighted by Gasteiger charge is 2.21. The zero-order valence-electron chi connectivity index (χ0n) is 18.6. The number of carbonyl (C=O) groups excluding carboxylic acids is 1. The third-order valence-corrected chi connectivity index (χ3v) is 6.53. The Balaban J connectivity index is 1.43. The molecule has 174 valence electrons. The smallest absolute Gasteiger partial charge is 0.266 e. The van der Waals surface area contributed by atoms with Crippen LogP contribution in [-0.4, -0.2) is 26.9 Å². The molecule has 0 aliphatic carbocycles. The number of thioether (sulfide) groups is 1. The van der Waals surface area contributed by atoms with Crippen LogP contribution in [0.3, 0.4) is 0 Å². The summed E-state index contributed by atoms with van der Waals surface area (Å²) in [5, 5.41) is 3.13. The van der Waals surface area contributed by atoms with Crippen molar-refractivity contribution in [2.24, 2.45) is 0 Å². The van der Waals surface area contributed by atoms with Gasteiger partial charge in [0, 0.05) is 0 Å². The Bertz CT molecular complexity index is 1530. The maximum absolute atomic E-state index is 13.4. The summed E-state index contributed by atoms with van der Waals surface area (Å²) in [5.74, 6) is 1.57. The van der Waals surface area contributed by atoms with Gasteiger partial charge in [-0.15, -0.1) is 0 Å². The predicted octanol–water partition coefficient (Wildman–Crippen LogP) is 4.46. The van der Waals surface area contributed by atoms with Crippen molar-refractivity contribution in [3.05, 3.63) is 99.4 Å². The Labute approximate surface area is 210 Å². The molecule has 1 saturated heterocycles. The minimum Gasteiger partial charge on any atom is -0.497 e. The first-order valence-corrected chi connectivity index (χ1v) is 11.9. The van der Waals surface area contributed by atoms with Crippen LogP contribution < -0.4 is 20.3 Å². The molecule has 1 fully saturated rings. The Hall–Kier alpha value is -3.95. The number of fused-ring (bicyclic) bond motifs is 1. The molecule has 9 heteroatoms. The first-order chi connectivity index (χ1) is 17.0. The second-order valence-electron chi connectivity index (χ2n) is 7.59. The van der Waals surface area contributed by atoms with Crippen LogP contribution in [0.25, 0.3) is 22.7 Å². The summed E-state index contributed by atoms with van der Waals surface area (Å²) >= 11 is 6.26. The standard InChI is InChI=1S/C26H19N3O4S2/c1-32-18-12-8-17(9-13-18)29-23(27-21-5-3-2-4-20(21)25(29)31)15-33-19-10-6-16(7-11-19)14-22-24(30)28-26(34)35-22/h2-14H,15H2,1H3,(H,28,30,34)/b22-14+. The molecule has 0 atom stereocenters. The second kappa shape index (κ2) is 9.73. The minimum absolute atomic E-state index is 0.0824. The number of amides is 1. The maximum Gasteiger partial charge on any atom is 0.266 e. The van der Waals surface area contributed by atoms with Gasteiger partial charge in [0.15, 0.2) is 5.82 Å². The lowest BCUT2D eigenvalue weighted by atomic mass is 10.2. The Kier molecular flexibility index (Phi) is 6.35. The maximum atomic E-state index is 13.4. The van der Waals surface area contributed by atoms with Crippen molar-refractivity contribution in [3.8, 4) is 17.2 Å². The SMILES string of the molecule is COc1ccc(-n2c(COc3ccc(/C=C4/SC(=S)NC4=O)cc3)nc3ccccc3c2=O)cc1. The quantitative estimate of drug-likeness (QED) is 0.309. The largest absolute Gasteiger partial charge is 0.497 e. The monoisotopic (exact) mass is 501 g/mol. The fourth-order valence-electron chi connectivity index (χ4n) is 3.65. The molecule has 0 radical (unpaired) electrons. The van der Waals surface area contributed by atoms with Gasteiger partial charge in [-0.2, -0.15) is 0 Å². The van der Waals surface area contributed by atoms with Gasteiger partial charge in [-0.3, -0.25) is 14.2 Å². The molecule has 3 aromatic carbocycles. The van der Waals surface area contributed by atoms with E-state index in [4.69, 9.17) is 26.7 Å². The van der Waals surface area contributed by atoms with Crippen molar-refractivity contribution in [3.63, 3.8) is 0 Å². The van der Waals surface area contributed by atoms with E-state index in [-0.39, 0.29) is 18.1 Å². The summed E-state index contributed by atoms with van der Waals surface area (Å²) in [6.45, 7) is 0.0824. The highest BCUT2D eigenvalue weighted by atomic mass is 32.2. The summed E-state index contributed by atoms with van der Waals surface area (Å²) in [5.41, 5.74) is 1.94. The number of thiocarbonyl (C=S) groups is 1. The van der Waals surface area contributed by atoms with Crippen LogP contribution in [0.4, 0.5) is 0 Å². The van der Waals surface area contributed by atoms with Gasteiger partial charge in [-0.1, -0.05) is 48.2 Å². The molecule has 0 saturated carbocycles. The molecule has 1 amide bonds. The summed E-state index contributed by atoms with van der Waals surface area (Å²) in [6.07, 6.45) is 1.77. The number of para-hydroxylation sites is 1. The lowest BCUT2D eigenvalue weighted by molar-refractivity contribution is -0.115. The summed E-state index contributed by atoms with van der Waals surface area (Å²) in [4.78, 5) is 30.5. The second-order valence-corrected chi connectivity index (χ2v) is 9.31. The average Bonchev–Trinajstić information content (AvgIpc) is 3.20. The normalized spacial score (nSPS) is 14.4. The van der Waals surface area contributed by atoms with Crippen molar-refractivity contribution in [1.29, 1.82) is 0 Å². The van der Waals surface area contributed by atoms with Crippen LogP contribution in [0, 0.1) is 0 Å². The van der Waals surface area contributed by atoms with Gasteiger partial charge >= 0.3 is 0 Å². The number of ether oxygens (including phenoxy) is 2. The van der Waals surface area contributed by atoms with Crippen molar-refractivity contribution in [2.75, 3.05) is 7.11 Å². The molecule has 1 aliphatic heterocycles. The Morgan fingerprint density at radius 1 is 1.00 bits per heavy atom.